The van der Waals surface area contributed by atoms with Gasteiger partial charge in [0, 0.05) is 11.1 Å². The van der Waals surface area contributed by atoms with E-state index in [9.17, 15) is 4.79 Å². The topological polar surface area (TPSA) is 41.6 Å². The Kier molecular flexibility index (Phi) is 3.65. The van der Waals surface area contributed by atoms with Gasteiger partial charge in [0.2, 0.25) is 0 Å². The van der Waals surface area contributed by atoms with Gasteiger partial charge in [-0.2, -0.15) is 0 Å². The zero-order valence-corrected chi connectivity index (χ0v) is 12.1. The summed E-state index contributed by atoms with van der Waals surface area (Å²) in [6.07, 6.45) is 0. The van der Waals surface area contributed by atoms with E-state index in [1.54, 1.807) is 17.2 Å². The molecule has 0 amide bonds. The van der Waals surface area contributed by atoms with Crippen molar-refractivity contribution in [3.05, 3.63) is 35.9 Å². The molecule has 2 rings (SSSR count). The number of nitrogens with one attached hydrogen (secondary N) is 1. The first kappa shape index (κ1) is 14.0. The highest BCUT2D eigenvalue weighted by molar-refractivity contribution is 5.89. The van der Waals surface area contributed by atoms with Crippen LogP contribution in [0.25, 0.3) is 0 Å². The molecule has 1 aromatic rings. The van der Waals surface area contributed by atoms with Crippen molar-refractivity contribution in [3.8, 4) is 0 Å². The Balaban J connectivity index is 2.05. The van der Waals surface area contributed by atoms with Crippen molar-refractivity contribution < 1.29 is 9.63 Å². The summed E-state index contributed by atoms with van der Waals surface area (Å²) in [5.41, 5.74) is 0.411. The van der Waals surface area contributed by atoms with Crippen molar-refractivity contribution >= 4 is 5.97 Å². The van der Waals surface area contributed by atoms with E-state index in [1.165, 1.54) is 0 Å². The van der Waals surface area contributed by atoms with E-state index < -0.39 is 0 Å². The standard InChI is InChI=1S/C15H22N2O2/c1-14(2)10-17(11-15(3,4)16-14)19-13(18)12-8-6-5-7-9-12/h5-9,16H,10-11H2,1-4H3. The van der Waals surface area contributed by atoms with Crippen LogP contribution >= 0.6 is 0 Å². The number of hydroxylamine groups is 2. The summed E-state index contributed by atoms with van der Waals surface area (Å²) in [6, 6.07) is 9.08. The molecule has 4 heteroatoms. The molecule has 0 unspecified atom stereocenters. The number of rotatable bonds is 2. The highest BCUT2D eigenvalue weighted by atomic mass is 16.7. The molecule has 104 valence electrons. The SMILES string of the molecule is CC1(C)CN(OC(=O)c2ccccc2)CC(C)(C)N1. The second-order valence-corrected chi connectivity index (χ2v) is 6.44. The summed E-state index contributed by atoms with van der Waals surface area (Å²) in [5.74, 6) is -0.297. The van der Waals surface area contributed by atoms with E-state index in [0.717, 1.165) is 0 Å². The van der Waals surface area contributed by atoms with Gasteiger partial charge in [-0.1, -0.05) is 18.2 Å². The minimum atomic E-state index is -0.297. The molecule has 1 N–H and O–H groups in total. The van der Waals surface area contributed by atoms with E-state index in [2.05, 4.69) is 33.0 Å². The van der Waals surface area contributed by atoms with Crippen molar-refractivity contribution in [3.63, 3.8) is 0 Å². The predicted octanol–water partition coefficient (Wildman–Crippen LogP) is 2.22. The Morgan fingerprint density at radius 3 is 2.16 bits per heavy atom. The van der Waals surface area contributed by atoms with Gasteiger partial charge < -0.3 is 10.2 Å². The molecule has 1 heterocycles. The van der Waals surface area contributed by atoms with Gasteiger partial charge in [0.1, 0.15) is 0 Å². The highest BCUT2D eigenvalue weighted by Gasteiger charge is 2.38. The van der Waals surface area contributed by atoms with Gasteiger partial charge in [0.15, 0.2) is 0 Å². The Morgan fingerprint density at radius 1 is 1.11 bits per heavy atom. The van der Waals surface area contributed by atoms with E-state index in [0.29, 0.717) is 18.7 Å². The van der Waals surface area contributed by atoms with Crippen molar-refractivity contribution in [1.29, 1.82) is 0 Å². The number of hydrogen-bond donors (Lipinski definition) is 1. The lowest BCUT2D eigenvalue weighted by Crippen LogP contribution is -2.66. The predicted molar refractivity (Wildman–Crippen MR) is 74.7 cm³/mol. The minimum absolute atomic E-state index is 0.0846. The highest BCUT2D eigenvalue weighted by Crippen LogP contribution is 2.21. The molecular formula is C15H22N2O2. The maximum atomic E-state index is 12.1. The molecule has 0 spiro atoms. The summed E-state index contributed by atoms with van der Waals surface area (Å²) in [5, 5.41) is 5.30. The van der Waals surface area contributed by atoms with Gasteiger partial charge in [-0.3, -0.25) is 0 Å². The van der Waals surface area contributed by atoms with Crippen LogP contribution < -0.4 is 5.32 Å². The molecular weight excluding hydrogens is 240 g/mol. The van der Waals surface area contributed by atoms with Crippen LogP contribution in [0.1, 0.15) is 38.1 Å². The van der Waals surface area contributed by atoms with Crippen molar-refractivity contribution in [2.75, 3.05) is 13.1 Å². The van der Waals surface area contributed by atoms with Gasteiger partial charge in [-0.05, 0) is 39.8 Å². The van der Waals surface area contributed by atoms with Crippen LogP contribution in [-0.2, 0) is 4.84 Å². The van der Waals surface area contributed by atoms with Crippen molar-refractivity contribution in [1.82, 2.24) is 10.4 Å². The third-order valence-corrected chi connectivity index (χ3v) is 3.04. The molecule has 0 atom stereocenters. The summed E-state index contributed by atoms with van der Waals surface area (Å²) in [7, 11) is 0. The molecule has 0 aromatic heterocycles. The van der Waals surface area contributed by atoms with Crippen LogP contribution in [0.4, 0.5) is 0 Å². The first-order valence-corrected chi connectivity index (χ1v) is 6.59. The Hall–Kier alpha value is -1.39. The van der Waals surface area contributed by atoms with Gasteiger partial charge >= 0.3 is 5.97 Å². The van der Waals surface area contributed by atoms with E-state index in [-0.39, 0.29) is 17.0 Å². The summed E-state index contributed by atoms with van der Waals surface area (Å²) in [6.45, 7) is 9.78. The second-order valence-electron chi connectivity index (χ2n) is 6.44. The number of hydrogen-bond acceptors (Lipinski definition) is 4. The van der Waals surface area contributed by atoms with Crippen LogP contribution in [0, 0.1) is 0 Å². The largest absolute Gasteiger partial charge is 0.364 e. The number of carbonyl (C=O) groups excluding carboxylic acids is 1. The average Bonchev–Trinajstić information content (AvgIpc) is 2.25. The van der Waals surface area contributed by atoms with E-state index in [4.69, 9.17) is 4.84 Å². The molecule has 1 aliphatic rings. The zero-order valence-electron chi connectivity index (χ0n) is 12.1. The first-order chi connectivity index (χ1) is 8.77. The normalized spacial score (nSPS) is 21.9. The third kappa shape index (κ3) is 3.78. The quantitative estimate of drug-likeness (QED) is 0.887. The van der Waals surface area contributed by atoms with Crippen molar-refractivity contribution in [2.24, 2.45) is 0 Å². The zero-order chi connectivity index (χ0) is 14.1. The van der Waals surface area contributed by atoms with Crippen LogP contribution in [0.2, 0.25) is 0 Å². The van der Waals surface area contributed by atoms with Crippen LogP contribution in [0.15, 0.2) is 30.3 Å². The molecule has 4 nitrogen and oxygen atoms in total. The number of nitrogens with zero attached hydrogens (tertiary/aromatic N) is 1. The molecule has 0 saturated carbocycles. The maximum Gasteiger partial charge on any atom is 0.357 e. The molecule has 0 radical (unpaired) electrons. The fourth-order valence-electron chi connectivity index (χ4n) is 2.74. The van der Waals surface area contributed by atoms with E-state index >= 15 is 0 Å². The van der Waals surface area contributed by atoms with Gasteiger partial charge in [0.25, 0.3) is 0 Å². The van der Waals surface area contributed by atoms with Gasteiger partial charge in [0.05, 0.1) is 18.7 Å². The van der Waals surface area contributed by atoms with E-state index in [1.807, 2.05) is 18.2 Å². The van der Waals surface area contributed by atoms with Crippen LogP contribution in [0.5, 0.6) is 0 Å². The molecule has 1 aromatic carbocycles. The fraction of sp³-hybridized carbons (Fsp3) is 0.533. The monoisotopic (exact) mass is 262 g/mol. The Bertz CT molecular complexity index is 438. The fourth-order valence-corrected chi connectivity index (χ4v) is 2.74. The molecule has 0 bridgehead atoms. The number of benzene rings is 1. The number of piperazine rings is 1. The Labute approximate surface area is 114 Å². The van der Waals surface area contributed by atoms with Crippen molar-refractivity contribution in [2.45, 2.75) is 38.8 Å². The average molecular weight is 262 g/mol. The lowest BCUT2D eigenvalue weighted by atomic mass is 9.93. The molecule has 1 aliphatic heterocycles. The minimum Gasteiger partial charge on any atom is -0.364 e. The summed E-state index contributed by atoms with van der Waals surface area (Å²) < 4.78 is 0. The smallest absolute Gasteiger partial charge is 0.357 e. The summed E-state index contributed by atoms with van der Waals surface area (Å²) >= 11 is 0. The van der Waals surface area contributed by atoms with Gasteiger partial charge in [-0.15, -0.1) is 5.06 Å². The molecule has 1 fully saturated rings. The maximum absolute atomic E-state index is 12.1. The molecule has 0 aliphatic carbocycles. The van der Waals surface area contributed by atoms with Gasteiger partial charge in [-0.25, -0.2) is 4.79 Å². The lowest BCUT2D eigenvalue weighted by molar-refractivity contribution is -0.152. The second kappa shape index (κ2) is 4.94. The van der Waals surface area contributed by atoms with Crippen LogP contribution in [0.3, 0.4) is 0 Å². The molecule has 1 saturated heterocycles. The van der Waals surface area contributed by atoms with Crippen LogP contribution in [-0.4, -0.2) is 35.2 Å². The summed E-state index contributed by atoms with van der Waals surface area (Å²) in [4.78, 5) is 17.6. The number of carbonyl (C=O) groups is 1. The first-order valence-electron chi connectivity index (χ1n) is 6.59. The lowest BCUT2D eigenvalue weighted by Gasteiger charge is -2.46. The molecule has 19 heavy (non-hydrogen) atoms. The third-order valence-electron chi connectivity index (χ3n) is 3.04. The Morgan fingerprint density at radius 2 is 1.63 bits per heavy atom.